The van der Waals surface area contributed by atoms with Crippen molar-refractivity contribution in [2.45, 2.75) is 19.8 Å². The molecule has 1 aliphatic rings. The molecule has 0 spiro atoms. The molecule has 0 aromatic heterocycles. The van der Waals surface area contributed by atoms with Gasteiger partial charge in [-0.2, -0.15) is 0 Å². The lowest BCUT2D eigenvalue weighted by Crippen LogP contribution is -2.46. The number of amides is 1. The molecule has 2 N–H and O–H groups in total. The Hall–Kier alpha value is -0.570. The van der Waals surface area contributed by atoms with E-state index < -0.39 is 5.41 Å². The highest BCUT2D eigenvalue weighted by Gasteiger charge is 2.34. The van der Waals surface area contributed by atoms with Gasteiger partial charge in [0.15, 0.2) is 0 Å². The molecule has 1 aliphatic heterocycles. The Balaban J connectivity index is 2.63. The molecule has 0 bridgehead atoms. The number of carbonyl (C=O) groups is 1. The van der Waals surface area contributed by atoms with Crippen LogP contribution in [-0.4, -0.2) is 24.2 Å². The van der Waals surface area contributed by atoms with E-state index in [1.807, 2.05) is 0 Å². The van der Waals surface area contributed by atoms with Crippen molar-refractivity contribution in [2.75, 3.05) is 13.2 Å². The molecule has 1 unspecified atom stereocenters. The van der Waals surface area contributed by atoms with Crippen LogP contribution in [0.5, 0.6) is 0 Å². The molecule has 1 saturated heterocycles. The topological polar surface area (TPSA) is 49.3 Å². The van der Waals surface area contributed by atoms with Crippen LogP contribution in [0.3, 0.4) is 0 Å². The third kappa shape index (κ3) is 1.14. The van der Waals surface area contributed by atoms with E-state index in [-0.39, 0.29) is 12.5 Å². The number of rotatable bonds is 1. The first-order chi connectivity index (χ1) is 4.69. The highest BCUT2D eigenvalue weighted by molar-refractivity contribution is 5.82. The summed E-state index contributed by atoms with van der Waals surface area (Å²) in [6.45, 7) is 2.51. The van der Waals surface area contributed by atoms with Gasteiger partial charge in [0.25, 0.3) is 0 Å². The van der Waals surface area contributed by atoms with E-state index in [4.69, 9.17) is 5.11 Å². The molecule has 10 heavy (non-hydrogen) atoms. The average molecular weight is 143 g/mol. The van der Waals surface area contributed by atoms with Crippen molar-refractivity contribution in [1.29, 1.82) is 0 Å². The summed E-state index contributed by atoms with van der Waals surface area (Å²) in [5.41, 5.74) is -0.516. The smallest absolute Gasteiger partial charge is 0.228 e. The summed E-state index contributed by atoms with van der Waals surface area (Å²) in [6.07, 6.45) is 1.78. The SMILES string of the molecule is CC1(CO)CCCNC1=O. The number of piperidine rings is 1. The van der Waals surface area contributed by atoms with Gasteiger partial charge in [0, 0.05) is 6.54 Å². The zero-order valence-corrected chi connectivity index (χ0v) is 6.18. The normalized spacial score (nSPS) is 33.6. The molecule has 1 heterocycles. The second kappa shape index (κ2) is 2.58. The van der Waals surface area contributed by atoms with Crippen molar-refractivity contribution >= 4 is 5.91 Å². The lowest BCUT2D eigenvalue weighted by Gasteiger charge is -2.30. The van der Waals surface area contributed by atoms with Gasteiger partial charge in [0.2, 0.25) is 5.91 Å². The van der Waals surface area contributed by atoms with Gasteiger partial charge in [0.05, 0.1) is 12.0 Å². The molecule has 0 aliphatic carbocycles. The van der Waals surface area contributed by atoms with Gasteiger partial charge >= 0.3 is 0 Å². The molecule has 0 saturated carbocycles. The van der Waals surface area contributed by atoms with Gasteiger partial charge in [-0.05, 0) is 19.8 Å². The fourth-order valence-electron chi connectivity index (χ4n) is 1.16. The summed E-state index contributed by atoms with van der Waals surface area (Å²) in [4.78, 5) is 11.1. The summed E-state index contributed by atoms with van der Waals surface area (Å²) in [6, 6.07) is 0. The predicted molar refractivity (Wildman–Crippen MR) is 37.4 cm³/mol. The van der Waals surface area contributed by atoms with Gasteiger partial charge in [-0.25, -0.2) is 0 Å². The van der Waals surface area contributed by atoms with E-state index in [1.165, 1.54) is 0 Å². The molecule has 0 aromatic carbocycles. The van der Waals surface area contributed by atoms with Crippen molar-refractivity contribution < 1.29 is 9.90 Å². The van der Waals surface area contributed by atoms with Crippen LogP contribution in [0.25, 0.3) is 0 Å². The van der Waals surface area contributed by atoms with Gasteiger partial charge in [0.1, 0.15) is 0 Å². The Morgan fingerprint density at radius 1 is 1.80 bits per heavy atom. The first-order valence-electron chi connectivity index (χ1n) is 3.58. The summed E-state index contributed by atoms with van der Waals surface area (Å²) in [5.74, 6) is -0.0127. The monoisotopic (exact) mass is 143 g/mol. The third-order valence-corrected chi connectivity index (χ3v) is 2.09. The summed E-state index contributed by atoms with van der Waals surface area (Å²) in [5, 5.41) is 11.6. The fourth-order valence-corrected chi connectivity index (χ4v) is 1.16. The number of aliphatic hydroxyl groups excluding tert-OH is 1. The molecule has 1 fully saturated rings. The molecular formula is C7H13NO2. The maximum atomic E-state index is 11.1. The molecule has 0 aromatic rings. The molecule has 1 rings (SSSR count). The van der Waals surface area contributed by atoms with Crippen molar-refractivity contribution in [2.24, 2.45) is 5.41 Å². The minimum absolute atomic E-state index is 0.0127. The van der Waals surface area contributed by atoms with Crippen molar-refractivity contribution in [3.63, 3.8) is 0 Å². The predicted octanol–water partition coefficient (Wildman–Crippen LogP) is -0.105. The van der Waals surface area contributed by atoms with Gasteiger partial charge in [-0.3, -0.25) is 4.79 Å². The molecular weight excluding hydrogens is 130 g/mol. The van der Waals surface area contributed by atoms with Crippen LogP contribution in [0.1, 0.15) is 19.8 Å². The quantitative estimate of drug-likeness (QED) is 0.538. The summed E-state index contributed by atoms with van der Waals surface area (Å²) < 4.78 is 0. The molecule has 3 nitrogen and oxygen atoms in total. The van der Waals surface area contributed by atoms with Crippen molar-refractivity contribution in [1.82, 2.24) is 5.32 Å². The van der Waals surface area contributed by atoms with Crippen molar-refractivity contribution in [3.05, 3.63) is 0 Å². The highest BCUT2D eigenvalue weighted by Crippen LogP contribution is 2.25. The van der Waals surface area contributed by atoms with Crippen LogP contribution in [0.15, 0.2) is 0 Å². The zero-order valence-electron chi connectivity index (χ0n) is 6.18. The van der Waals surface area contributed by atoms with Crippen LogP contribution in [0, 0.1) is 5.41 Å². The molecule has 3 heteroatoms. The Bertz CT molecular complexity index is 147. The van der Waals surface area contributed by atoms with Crippen LogP contribution in [-0.2, 0) is 4.79 Å². The Morgan fingerprint density at radius 3 is 2.90 bits per heavy atom. The number of hydrogen-bond acceptors (Lipinski definition) is 2. The maximum Gasteiger partial charge on any atom is 0.228 e. The number of nitrogens with one attached hydrogen (secondary N) is 1. The molecule has 0 radical (unpaired) electrons. The number of carbonyl (C=O) groups excluding carboxylic acids is 1. The standard InChI is InChI=1S/C7H13NO2/c1-7(5-9)3-2-4-8-6(7)10/h9H,2-5H2,1H3,(H,8,10). The molecule has 1 amide bonds. The largest absolute Gasteiger partial charge is 0.395 e. The van der Waals surface area contributed by atoms with Gasteiger partial charge in [-0.1, -0.05) is 0 Å². The second-order valence-electron chi connectivity index (χ2n) is 3.08. The van der Waals surface area contributed by atoms with E-state index in [2.05, 4.69) is 5.32 Å². The minimum Gasteiger partial charge on any atom is -0.395 e. The average Bonchev–Trinajstić information content (AvgIpc) is 1.96. The number of aliphatic hydroxyl groups is 1. The number of hydrogen-bond donors (Lipinski definition) is 2. The van der Waals surface area contributed by atoms with Crippen LogP contribution >= 0.6 is 0 Å². The lowest BCUT2D eigenvalue weighted by molar-refractivity contribution is -0.134. The van der Waals surface area contributed by atoms with E-state index in [1.54, 1.807) is 6.92 Å². The first-order valence-corrected chi connectivity index (χ1v) is 3.58. The van der Waals surface area contributed by atoms with Crippen LogP contribution in [0.2, 0.25) is 0 Å². The fraction of sp³-hybridized carbons (Fsp3) is 0.857. The van der Waals surface area contributed by atoms with E-state index in [0.717, 1.165) is 19.4 Å². The Morgan fingerprint density at radius 2 is 2.50 bits per heavy atom. The van der Waals surface area contributed by atoms with Gasteiger partial charge in [-0.15, -0.1) is 0 Å². The van der Waals surface area contributed by atoms with Gasteiger partial charge < -0.3 is 10.4 Å². The molecule has 1 atom stereocenters. The highest BCUT2D eigenvalue weighted by atomic mass is 16.3. The second-order valence-corrected chi connectivity index (χ2v) is 3.08. The minimum atomic E-state index is -0.516. The first kappa shape index (κ1) is 7.54. The third-order valence-electron chi connectivity index (χ3n) is 2.09. The van der Waals surface area contributed by atoms with E-state index in [0.29, 0.717) is 0 Å². The zero-order chi connectivity index (χ0) is 7.61. The maximum absolute atomic E-state index is 11.1. The van der Waals surface area contributed by atoms with Crippen LogP contribution in [0.4, 0.5) is 0 Å². The summed E-state index contributed by atoms with van der Waals surface area (Å²) >= 11 is 0. The summed E-state index contributed by atoms with van der Waals surface area (Å²) in [7, 11) is 0. The Labute approximate surface area is 60.4 Å². The molecule has 58 valence electrons. The lowest BCUT2D eigenvalue weighted by atomic mass is 9.83. The van der Waals surface area contributed by atoms with Crippen molar-refractivity contribution in [3.8, 4) is 0 Å². The van der Waals surface area contributed by atoms with E-state index >= 15 is 0 Å². The Kier molecular flexibility index (Phi) is 1.94. The van der Waals surface area contributed by atoms with Crippen LogP contribution < -0.4 is 5.32 Å². The van der Waals surface area contributed by atoms with E-state index in [9.17, 15) is 4.79 Å².